The summed E-state index contributed by atoms with van der Waals surface area (Å²) in [5.74, 6) is 0. The highest BCUT2D eigenvalue weighted by Gasteiger charge is 2.53. The zero-order valence-corrected chi connectivity index (χ0v) is 15.1. The molecule has 0 bridgehead atoms. The van der Waals surface area contributed by atoms with Gasteiger partial charge in [-0.1, -0.05) is 54.6 Å². The maximum atomic E-state index is 5.68. The molecule has 26 heavy (non-hydrogen) atoms. The van der Waals surface area contributed by atoms with E-state index in [0.717, 1.165) is 28.2 Å². The third kappa shape index (κ3) is 1.92. The van der Waals surface area contributed by atoms with Crippen LogP contribution in [0, 0.1) is 0 Å². The highest BCUT2D eigenvalue weighted by molar-refractivity contribution is 7.80. The Labute approximate surface area is 158 Å². The van der Waals surface area contributed by atoms with Crippen LogP contribution in [-0.4, -0.2) is 17.2 Å². The molecule has 3 aromatic rings. The molecule has 0 aromatic heterocycles. The molecule has 2 aliphatic rings. The van der Waals surface area contributed by atoms with E-state index in [9.17, 15) is 0 Å². The fourth-order valence-corrected chi connectivity index (χ4v) is 4.24. The molecule has 0 unspecified atom stereocenters. The summed E-state index contributed by atoms with van der Waals surface area (Å²) < 4.78 is 0. The van der Waals surface area contributed by atoms with Crippen LogP contribution in [0.15, 0.2) is 78.9 Å². The first-order valence-electron chi connectivity index (χ1n) is 8.59. The average molecular weight is 358 g/mol. The Hall–Kier alpha value is -3.05. The van der Waals surface area contributed by atoms with E-state index in [1.165, 1.54) is 0 Å². The standard InChI is InChI=1S/C21H18N4S/c1-24-20(26)23-21(25(24)15-9-3-2-4-10-15)16-11-5-7-13-18(16)22-19-14-8-6-12-17(19)21/h2-14,22H,1H3,(H,23,26). The Morgan fingerprint density at radius 2 is 1.31 bits per heavy atom. The van der Waals surface area contributed by atoms with Crippen molar-refractivity contribution in [3.63, 3.8) is 0 Å². The molecule has 0 saturated carbocycles. The van der Waals surface area contributed by atoms with E-state index in [1.54, 1.807) is 0 Å². The number of fused-ring (bicyclic) bond motifs is 4. The third-order valence-corrected chi connectivity index (χ3v) is 5.47. The number of nitrogens with zero attached hydrogens (tertiary/aromatic N) is 2. The number of hydrogen-bond acceptors (Lipinski definition) is 3. The van der Waals surface area contributed by atoms with Crippen molar-refractivity contribution >= 4 is 34.4 Å². The minimum Gasteiger partial charge on any atom is -0.355 e. The number of benzene rings is 3. The zero-order chi connectivity index (χ0) is 17.7. The van der Waals surface area contributed by atoms with Crippen LogP contribution in [0.3, 0.4) is 0 Å². The topological polar surface area (TPSA) is 30.5 Å². The van der Waals surface area contributed by atoms with Gasteiger partial charge in [0, 0.05) is 29.5 Å². The highest BCUT2D eigenvalue weighted by Crippen LogP contribution is 2.49. The van der Waals surface area contributed by atoms with Gasteiger partial charge in [-0.15, -0.1) is 0 Å². The first-order chi connectivity index (χ1) is 12.7. The van der Waals surface area contributed by atoms with E-state index >= 15 is 0 Å². The molecule has 5 heteroatoms. The minimum absolute atomic E-state index is 0.592. The van der Waals surface area contributed by atoms with Crippen molar-refractivity contribution in [1.29, 1.82) is 0 Å². The first kappa shape index (κ1) is 15.2. The average Bonchev–Trinajstić information content (AvgIpc) is 2.94. The fraction of sp³-hybridized carbons (Fsp3) is 0.0952. The van der Waals surface area contributed by atoms with Gasteiger partial charge >= 0.3 is 0 Å². The Morgan fingerprint density at radius 3 is 1.92 bits per heavy atom. The predicted octanol–water partition coefficient (Wildman–Crippen LogP) is 4.19. The SMILES string of the molecule is CN1C(=S)NC2(c3ccccc3Nc3ccccc32)N1c1ccccc1. The van der Waals surface area contributed by atoms with Gasteiger partial charge in [0.05, 0.1) is 5.69 Å². The van der Waals surface area contributed by atoms with Gasteiger partial charge in [0.1, 0.15) is 0 Å². The predicted molar refractivity (Wildman–Crippen MR) is 109 cm³/mol. The summed E-state index contributed by atoms with van der Waals surface area (Å²) in [7, 11) is 2.00. The number of nitrogens with one attached hydrogen (secondary N) is 2. The molecule has 2 heterocycles. The molecule has 2 aliphatic heterocycles. The van der Waals surface area contributed by atoms with Crippen molar-refractivity contribution < 1.29 is 0 Å². The van der Waals surface area contributed by atoms with E-state index in [-0.39, 0.29) is 0 Å². The lowest BCUT2D eigenvalue weighted by atomic mass is 9.85. The van der Waals surface area contributed by atoms with Crippen LogP contribution in [0.2, 0.25) is 0 Å². The van der Waals surface area contributed by atoms with Crippen molar-refractivity contribution in [3.8, 4) is 0 Å². The Morgan fingerprint density at radius 1 is 0.769 bits per heavy atom. The Kier molecular flexibility index (Phi) is 3.21. The number of thiocarbonyl (C=S) groups is 1. The lowest BCUT2D eigenvalue weighted by Crippen LogP contribution is -2.54. The summed E-state index contributed by atoms with van der Waals surface area (Å²) >= 11 is 5.68. The molecule has 128 valence electrons. The van der Waals surface area contributed by atoms with Gasteiger partial charge in [0.15, 0.2) is 10.8 Å². The maximum absolute atomic E-state index is 5.68. The van der Waals surface area contributed by atoms with Crippen LogP contribution < -0.4 is 15.6 Å². The smallest absolute Gasteiger partial charge is 0.190 e. The van der Waals surface area contributed by atoms with Gasteiger partial charge in [-0.05, 0) is 36.5 Å². The summed E-state index contributed by atoms with van der Waals surface area (Å²) in [6, 6.07) is 27.1. The van der Waals surface area contributed by atoms with Gasteiger partial charge in [-0.2, -0.15) is 0 Å². The van der Waals surface area contributed by atoms with Gasteiger partial charge in [0.2, 0.25) is 0 Å². The van der Waals surface area contributed by atoms with Crippen LogP contribution in [0.5, 0.6) is 0 Å². The number of hydrogen-bond donors (Lipinski definition) is 2. The second kappa shape index (κ2) is 5.47. The molecule has 1 saturated heterocycles. The van der Waals surface area contributed by atoms with Gasteiger partial charge in [-0.25, -0.2) is 5.01 Å². The van der Waals surface area contributed by atoms with E-state index in [2.05, 4.69) is 88.4 Å². The lowest BCUT2D eigenvalue weighted by molar-refractivity contribution is 0.377. The molecule has 0 atom stereocenters. The number of hydrazine groups is 1. The lowest BCUT2D eigenvalue weighted by Gasteiger charge is -2.45. The number of para-hydroxylation sites is 3. The van der Waals surface area contributed by atoms with Crippen molar-refractivity contribution in [1.82, 2.24) is 10.3 Å². The molecule has 2 N–H and O–H groups in total. The van der Waals surface area contributed by atoms with E-state index < -0.39 is 5.66 Å². The van der Waals surface area contributed by atoms with Crippen molar-refractivity contribution in [2.24, 2.45) is 0 Å². The number of anilines is 3. The van der Waals surface area contributed by atoms with Crippen molar-refractivity contribution in [2.75, 3.05) is 17.4 Å². The van der Waals surface area contributed by atoms with Gasteiger partial charge in [0.25, 0.3) is 0 Å². The van der Waals surface area contributed by atoms with E-state index in [1.807, 2.05) is 18.1 Å². The monoisotopic (exact) mass is 358 g/mol. The van der Waals surface area contributed by atoms with E-state index in [4.69, 9.17) is 12.2 Å². The summed E-state index contributed by atoms with van der Waals surface area (Å²) in [5, 5.41) is 12.1. The second-order valence-corrected chi connectivity index (χ2v) is 6.91. The van der Waals surface area contributed by atoms with Crippen LogP contribution in [-0.2, 0) is 5.66 Å². The summed E-state index contributed by atoms with van der Waals surface area (Å²) in [5.41, 5.74) is 4.94. The quantitative estimate of drug-likeness (QED) is 0.637. The van der Waals surface area contributed by atoms with Crippen LogP contribution in [0.4, 0.5) is 17.1 Å². The third-order valence-electron chi connectivity index (χ3n) is 5.10. The van der Waals surface area contributed by atoms with Crippen LogP contribution in [0.1, 0.15) is 11.1 Å². The molecule has 4 nitrogen and oxygen atoms in total. The summed E-state index contributed by atoms with van der Waals surface area (Å²) in [4.78, 5) is 0. The maximum Gasteiger partial charge on any atom is 0.190 e. The largest absolute Gasteiger partial charge is 0.355 e. The van der Waals surface area contributed by atoms with Crippen molar-refractivity contribution in [2.45, 2.75) is 5.66 Å². The van der Waals surface area contributed by atoms with Crippen LogP contribution in [0.25, 0.3) is 0 Å². The molecule has 0 radical (unpaired) electrons. The second-order valence-electron chi connectivity index (χ2n) is 6.53. The fourth-order valence-electron chi connectivity index (χ4n) is 4.01. The summed E-state index contributed by atoms with van der Waals surface area (Å²) in [6.45, 7) is 0. The normalized spacial score (nSPS) is 16.7. The molecule has 0 amide bonds. The van der Waals surface area contributed by atoms with E-state index in [0.29, 0.717) is 5.11 Å². The Bertz CT molecular complexity index is 956. The number of rotatable bonds is 1. The zero-order valence-electron chi connectivity index (χ0n) is 14.3. The van der Waals surface area contributed by atoms with Crippen LogP contribution >= 0.6 is 12.2 Å². The first-order valence-corrected chi connectivity index (χ1v) is 9.00. The van der Waals surface area contributed by atoms with Crippen molar-refractivity contribution in [3.05, 3.63) is 90.0 Å². The molecular formula is C21H18N4S. The minimum atomic E-state index is -0.592. The van der Waals surface area contributed by atoms with Gasteiger partial charge < -0.3 is 10.6 Å². The molecule has 0 aliphatic carbocycles. The van der Waals surface area contributed by atoms with Gasteiger partial charge in [-0.3, -0.25) is 5.01 Å². The molecule has 5 rings (SSSR count). The Balaban J connectivity index is 1.85. The molecular weight excluding hydrogens is 340 g/mol. The highest BCUT2D eigenvalue weighted by atomic mass is 32.1. The molecule has 3 aromatic carbocycles. The summed E-state index contributed by atoms with van der Waals surface area (Å²) in [6.07, 6.45) is 0. The molecule has 1 fully saturated rings. The molecule has 1 spiro atoms.